The standard InChI is InChI=1S/C24H35N5O3/c1-6-31-20-12-17(13-21(14-20)32-7-2)24(30)28-19-10-8-18(9-11-19)27-22-15-23(29(4)5)26-16(3)25-22/h12-15,18-19H,6-11H2,1-5H3,(H,28,30)(H,25,26,27). The number of nitrogens with zero attached hydrogens (tertiary/aromatic N) is 3. The molecule has 1 amide bonds. The van der Waals surface area contributed by atoms with E-state index in [9.17, 15) is 4.79 Å². The van der Waals surface area contributed by atoms with E-state index in [0.29, 0.717) is 36.3 Å². The van der Waals surface area contributed by atoms with Crippen molar-refractivity contribution < 1.29 is 14.3 Å². The number of aryl methyl sites for hydroxylation is 1. The van der Waals surface area contributed by atoms with Crippen molar-refractivity contribution in [2.45, 2.75) is 58.5 Å². The van der Waals surface area contributed by atoms with Crippen LogP contribution in [0.1, 0.15) is 55.7 Å². The lowest BCUT2D eigenvalue weighted by Gasteiger charge is -2.30. The van der Waals surface area contributed by atoms with Crippen molar-refractivity contribution in [3.8, 4) is 11.5 Å². The first-order valence-electron chi connectivity index (χ1n) is 11.4. The predicted octanol–water partition coefficient (Wildman–Crippen LogP) is 3.80. The summed E-state index contributed by atoms with van der Waals surface area (Å²) < 4.78 is 11.2. The molecule has 0 saturated heterocycles. The number of aromatic nitrogens is 2. The van der Waals surface area contributed by atoms with E-state index in [1.807, 2.05) is 51.9 Å². The molecule has 8 heteroatoms. The molecular formula is C24H35N5O3. The lowest BCUT2D eigenvalue weighted by molar-refractivity contribution is 0.0925. The van der Waals surface area contributed by atoms with Gasteiger partial charge in [-0.25, -0.2) is 9.97 Å². The Bertz CT molecular complexity index is 886. The molecule has 1 fully saturated rings. The maximum absolute atomic E-state index is 12.9. The largest absolute Gasteiger partial charge is 0.494 e. The van der Waals surface area contributed by atoms with Crippen molar-refractivity contribution in [1.82, 2.24) is 15.3 Å². The third-order valence-corrected chi connectivity index (χ3v) is 5.46. The number of amides is 1. The monoisotopic (exact) mass is 441 g/mol. The highest BCUT2D eigenvalue weighted by molar-refractivity contribution is 5.95. The molecule has 0 aliphatic heterocycles. The van der Waals surface area contributed by atoms with Crippen LogP contribution >= 0.6 is 0 Å². The van der Waals surface area contributed by atoms with Gasteiger partial charge in [0.1, 0.15) is 29.0 Å². The van der Waals surface area contributed by atoms with Crippen LogP contribution in [-0.2, 0) is 0 Å². The van der Waals surface area contributed by atoms with Crippen molar-refractivity contribution >= 4 is 17.5 Å². The van der Waals surface area contributed by atoms with Gasteiger partial charge >= 0.3 is 0 Å². The molecular weight excluding hydrogens is 406 g/mol. The molecule has 2 aromatic rings. The summed E-state index contributed by atoms with van der Waals surface area (Å²) >= 11 is 0. The normalized spacial score (nSPS) is 18.0. The Morgan fingerprint density at radius 2 is 1.56 bits per heavy atom. The molecule has 3 rings (SSSR count). The number of carbonyl (C=O) groups is 1. The molecule has 0 spiro atoms. The van der Waals surface area contributed by atoms with Crippen LogP contribution in [0.15, 0.2) is 24.3 Å². The van der Waals surface area contributed by atoms with E-state index >= 15 is 0 Å². The van der Waals surface area contributed by atoms with Gasteiger partial charge in [0, 0.05) is 43.9 Å². The van der Waals surface area contributed by atoms with Gasteiger partial charge in [-0.3, -0.25) is 4.79 Å². The number of hydrogen-bond acceptors (Lipinski definition) is 7. The van der Waals surface area contributed by atoms with Crippen LogP contribution in [0, 0.1) is 6.92 Å². The van der Waals surface area contributed by atoms with E-state index in [-0.39, 0.29) is 11.9 Å². The minimum atomic E-state index is -0.0917. The summed E-state index contributed by atoms with van der Waals surface area (Å²) in [6.07, 6.45) is 3.76. The Hall–Kier alpha value is -3.03. The van der Waals surface area contributed by atoms with Crippen LogP contribution in [0.2, 0.25) is 0 Å². The number of ether oxygens (including phenoxy) is 2. The Labute approximate surface area is 190 Å². The number of hydrogen-bond donors (Lipinski definition) is 2. The highest BCUT2D eigenvalue weighted by atomic mass is 16.5. The smallest absolute Gasteiger partial charge is 0.251 e. The zero-order valence-electron chi connectivity index (χ0n) is 19.8. The average molecular weight is 442 g/mol. The van der Waals surface area contributed by atoms with Gasteiger partial charge in [-0.05, 0) is 58.6 Å². The zero-order chi connectivity index (χ0) is 23.1. The molecule has 0 bridgehead atoms. The lowest BCUT2D eigenvalue weighted by atomic mass is 9.91. The summed E-state index contributed by atoms with van der Waals surface area (Å²) in [5.41, 5.74) is 0.562. The Balaban J connectivity index is 1.56. The van der Waals surface area contributed by atoms with E-state index in [1.54, 1.807) is 12.1 Å². The molecule has 0 radical (unpaired) electrons. The van der Waals surface area contributed by atoms with Gasteiger partial charge in [0.05, 0.1) is 13.2 Å². The van der Waals surface area contributed by atoms with E-state index in [2.05, 4.69) is 20.6 Å². The maximum Gasteiger partial charge on any atom is 0.251 e. The summed E-state index contributed by atoms with van der Waals surface area (Å²) in [7, 11) is 3.95. The maximum atomic E-state index is 12.9. The Kier molecular flexibility index (Phi) is 8.14. The molecule has 8 nitrogen and oxygen atoms in total. The second-order valence-corrected chi connectivity index (χ2v) is 8.28. The van der Waals surface area contributed by atoms with E-state index in [4.69, 9.17) is 9.47 Å². The minimum Gasteiger partial charge on any atom is -0.494 e. The molecule has 32 heavy (non-hydrogen) atoms. The molecule has 1 heterocycles. The van der Waals surface area contributed by atoms with Crippen molar-refractivity contribution in [3.05, 3.63) is 35.7 Å². The van der Waals surface area contributed by atoms with Crippen molar-refractivity contribution in [2.75, 3.05) is 37.5 Å². The van der Waals surface area contributed by atoms with Crippen molar-refractivity contribution in [3.63, 3.8) is 0 Å². The molecule has 174 valence electrons. The third-order valence-electron chi connectivity index (χ3n) is 5.46. The summed E-state index contributed by atoms with van der Waals surface area (Å²) in [6.45, 7) is 6.82. The molecule has 1 aromatic heterocycles. The lowest BCUT2D eigenvalue weighted by Crippen LogP contribution is -2.40. The van der Waals surface area contributed by atoms with Crippen molar-refractivity contribution in [1.29, 1.82) is 0 Å². The summed E-state index contributed by atoms with van der Waals surface area (Å²) in [6, 6.07) is 7.82. The van der Waals surface area contributed by atoms with Crippen LogP contribution in [0.25, 0.3) is 0 Å². The SMILES string of the molecule is CCOc1cc(OCC)cc(C(=O)NC2CCC(Nc3cc(N(C)C)nc(C)n3)CC2)c1. The van der Waals surface area contributed by atoms with Crippen LogP contribution < -0.4 is 25.0 Å². The topological polar surface area (TPSA) is 88.6 Å². The van der Waals surface area contributed by atoms with E-state index in [0.717, 1.165) is 43.1 Å². The summed E-state index contributed by atoms with van der Waals surface area (Å²) in [5.74, 6) is 3.69. The zero-order valence-corrected chi connectivity index (χ0v) is 19.8. The van der Waals surface area contributed by atoms with Crippen LogP contribution in [0.3, 0.4) is 0 Å². The van der Waals surface area contributed by atoms with Gasteiger partial charge in [-0.1, -0.05) is 0 Å². The van der Waals surface area contributed by atoms with Gasteiger partial charge in [0.2, 0.25) is 0 Å². The fourth-order valence-corrected chi connectivity index (χ4v) is 3.92. The van der Waals surface area contributed by atoms with Gasteiger partial charge in [-0.2, -0.15) is 0 Å². The predicted molar refractivity (Wildman–Crippen MR) is 127 cm³/mol. The molecule has 2 N–H and O–H groups in total. The molecule has 0 unspecified atom stereocenters. The fraction of sp³-hybridized carbons (Fsp3) is 0.542. The van der Waals surface area contributed by atoms with Gasteiger partial charge in [-0.15, -0.1) is 0 Å². The number of anilines is 2. The first kappa shape index (κ1) is 23.6. The highest BCUT2D eigenvalue weighted by Crippen LogP contribution is 2.26. The Morgan fingerprint density at radius 3 is 2.12 bits per heavy atom. The first-order valence-corrected chi connectivity index (χ1v) is 11.4. The van der Waals surface area contributed by atoms with E-state index in [1.165, 1.54) is 0 Å². The highest BCUT2D eigenvalue weighted by Gasteiger charge is 2.24. The quantitative estimate of drug-likeness (QED) is 0.612. The minimum absolute atomic E-state index is 0.0917. The number of rotatable bonds is 9. The third kappa shape index (κ3) is 6.48. The number of carbonyl (C=O) groups excluding carboxylic acids is 1. The number of nitrogens with one attached hydrogen (secondary N) is 2. The molecule has 1 saturated carbocycles. The second-order valence-electron chi connectivity index (χ2n) is 8.28. The molecule has 1 aliphatic rings. The summed E-state index contributed by atoms with van der Waals surface area (Å²) in [5, 5.41) is 6.72. The van der Waals surface area contributed by atoms with Gasteiger partial charge < -0.3 is 25.0 Å². The van der Waals surface area contributed by atoms with Crippen LogP contribution in [-0.4, -0.2) is 55.3 Å². The van der Waals surface area contributed by atoms with Gasteiger partial charge in [0.15, 0.2) is 0 Å². The second kappa shape index (κ2) is 11.0. The number of benzene rings is 1. The fourth-order valence-electron chi connectivity index (χ4n) is 3.92. The van der Waals surface area contributed by atoms with Crippen molar-refractivity contribution in [2.24, 2.45) is 0 Å². The van der Waals surface area contributed by atoms with Crippen LogP contribution in [0.5, 0.6) is 11.5 Å². The molecule has 0 atom stereocenters. The van der Waals surface area contributed by atoms with Gasteiger partial charge in [0.25, 0.3) is 5.91 Å². The molecule has 1 aromatic carbocycles. The van der Waals surface area contributed by atoms with Crippen LogP contribution in [0.4, 0.5) is 11.6 Å². The first-order chi connectivity index (χ1) is 15.4. The van der Waals surface area contributed by atoms with E-state index < -0.39 is 0 Å². The average Bonchev–Trinajstić information content (AvgIpc) is 2.75. The Morgan fingerprint density at radius 1 is 0.969 bits per heavy atom. The summed E-state index contributed by atoms with van der Waals surface area (Å²) in [4.78, 5) is 23.8. The molecule has 1 aliphatic carbocycles.